The highest BCUT2D eigenvalue weighted by Crippen LogP contribution is 2.25. The number of urea groups is 2. The van der Waals surface area contributed by atoms with E-state index >= 15 is 4.39 Å². The van der Waals surface area contributed by atoms with E-state index in [9.17, 15) is 18.8 Å². The molecule has 1 saturated carbocycles. The molecule has 5 rings (SSSR count). The molecule has 1 aliphatic carbocycles. The molecule has 208 valence electrons. The summed E-state index contributed by atoms with van der Waals surface area (Å²) in [7, 11) is 0. The number of rotatable bonds is 4. The Morgan fingerprint density at radius 1 is 0.744 bits per heavy atom. The molecule has 2 saturated heterocycles. The van der Waals surface area contributed by atoms with Crippen LogP contribution in [0.3, 0.4) is 0 Å². The van der Waals surface area contributed by atoms with Crippen molar-refractivity contribution >= 4 is 29.3 Å². The first-order chi connectivity index (χ1) is 18.9. The molecule has 11 heteroatoms. The van der Waals surface area contributed by atoms with Crippen LogP contribution in [0.1, 0.15) is 36.0 Å². The largest absolute Gasteiger partial charge is 0.366 e. The summed E-state index contributed by atoms with van der Waals surface area (Å²) in [4.78, 5) is 44.7. The summed E-state index contributed by atoms with van der Waals surface area (Å²) in [5.41, 5.74) is 1.06. The number of hydrogen-bond donors (Lipinski definition) is 2. The lowest BCUT2D eigenvalue weighted by molar-refractivity contribution is 0.0671. The molecule has 3 aliphatic rings. The molecule has 2 aromatic carbocycles. The smallest absolute Gasteiger partial charge is 0.321 e. The third kappa shape index (κ3) is 6.40. The molecule has 2 aromatic rings. The minimum absolute atomic E-state index is 0.0424. The number of nitrogens with zero attached hydrogens (tertiary/aromatic N) is 4. The minimum Gasteiger partial charge on any atom is -0.366 e. The Labute approximate surface area is 226 Å². The molecule has 0 atom stereocenters. The van der Waals surface area contributed by atoms with E-state index in [4.69, 9.17) is 0 Å². The van der Waals surface area contributed by atoms with Crippen LogP contribution in [0.2, 0.25) is 0 Å². The number of benzene rings is 2. The topological polar surface area (TPSA) is 88.2 Å². The van der Waals surface area contributed by atoms with Crippen LogP contribution in [0.15, 0.2) is 42.5 Å². The minimum atomic E-state index is -0.471. The average Bonchev–Trinajstić information content (AvgIpc) is 3.46. The monoisotopic (exact) mass is 540 g/mol. The van der Waals surface area contributed by atoms with Crippen molar-refractivity contribution in [3.05, 3.63) is 59.7 Å². The first-order valence-electron chi connectivity index (χ1n) is 13.6. The molecule has 39 heavy (non-hydrogen) atoms. The molecule has 2 N–H and O–H groups in total. The number of hydrogen-bond acceptors (Lipinski definition) is 4. The molecule has 0 bridgehead atoms. The van der Waals surface area contributed by atoms with Gasteiger partial charge in [0, 0.05) is 69.7 Å². The third-order valence-electron chi connectivity index (χ3n) is 7.71. The highest BCUT2D eigenvalue weighted by atomic mass is 19.1. The first-order valence-corrected chi connectivity index (χ1v) is 13.6. The number of halogens is 2. The number of carbonyl (C=O) groups excluding carboxylic acids is 3. The molecule has 0 aromatic heterocycles. The Morgan fingerprint density at radius 2 is 1.38 bits per heavy atom. The van der Waals surface area contributed by atoms with Gasteiger partial charge in [0.2, 0.25) is 0 Å². The SMILES string of the molecule is O=C(Nc1ccc(N2CCN(C(=O)NC3CCCC3)CC2)c(F)c1)N1CCN(C(=O)c2cccc(F)c2)CC1. The summed E-state index contributed by atoms with van der Waals surface area (Å²) in [6.45, 7) is 3.35. The van der Waals surface area contributed by atoms with Gasteiger partial charge in [0.05, 0.1) is 5.69 Å². The van der Waals surface area contributed by atoms with Crippen LogP contribution in [0.25, 0.3) is 0 Å². The van der Waals surface area contributed by atoms with Crippen molar-refractivity contribution in [2.75, 3.05) is 62.6 Å². The van der Waals surface area contributed by atoms with Crippen molar-refractivity contribution in [1.82, 2.24) is 20.0 Å². The second-order valence-electron chi connectivity index (χ2n) is 10.3. The van der Waals surface area contributed by atoms with E-state index in [1.54, 1.807) is 32.9 Å². The zero-order valence-electron chi connectivity index (χ0n) is 21.9. The molecule has 3 fully saturated rings. The van der Waals surface area contributed by atoms with Crippen molar-refractivity contribution in [1.29, 1.82) is 0 Å². The second kappa shape index (κ2) is 11.9. The Balaban J connectivity index is 1.09. The molecule has 2 aliphatic heterocycles. The first kappa shape index (κ1) is 26.7. The van der Waals surface area contributed by atoms with Gasteiger partial charge in [-0.05, 0) is 49.2 Å². The van der Waals surface area contributed by atoms with Gasteiger partial charge in [-0.1, -0.05) is 18.9 Å². The fourth-order valence-corrected chi connectivity index (χ4v) is 5.45. The fourth-order valence-electron chi connectivity index (χ4n) is 5.45. The summed E-state index contributed by atoms with van der Waals surface area (Å²) in [5, 5.41) is 5.84. The van der Waals surface area contributed by atoms with Gasteiger partial charge in [-0.25, -0.2) is 18.4 Å². The van der Waals surface area contributed by atoms with Crippen molar-refractivity contribution in [3.8, 4) is 0 Å². The van der Waals surface area contributed by atoms with E-state index in [2.05, 4.69) is 10.6 Å². The van der Waals surface area contributed by atoms with Crippen molar-refractivity contribution in [2.24, 2.45) is 0 Å². The lowest BCUT2D eigenvalue weighted by atomic mass is 10.2. The Hall–Kier alpha value is -3.89. The van der Waals surface area contributed by atoms with Crippen LogP contribution in [0, 0.1) is 11.6 Å². The van der Waals surface area contributed by atoms with Gasteiger partial charge in [0.25, 0.3) is 5.91 Å². The molecular weight excluding hydrogens is 506 g/mol. The molecule has 9 nitrogen and oxygen atoms in total. The highest BCUT2D eigenvalue weighted by Gasteiger charge is 2.27. The zero-order valence-corrected chi connectivity index (χ0v) is 21.9. The maximum absolute atomic E-state index is 15.0. The van der Waals surface area contributed by atoms with Crippen LogP contribution in [0.4, 0.5) is 29.7 Å². The predicted octanol–water partition coefficient (Wildman–Crippen LogP) is 3.73. The van der Waals surface area contributed by atoms with Gasteiger partial charge in [0.1, 0.15) is 11.6 Å². The van der Waals surface area contributed by atoms with Crippen molar-refractivity contribution in [3.63, 3.8) is 0 Å². The Kier molecular flexibility index (Phi) is 8.13. The van der Waals surface area contributed by atoms with E-state index in [-0.39, 0.29) is 29.6 Å². The predicted molar refractivity (Wildman–Crippen MR) is 144 cm³/mol. The van der Waals surface area contributed by atoms with E-state index < -0.39 is 11.6 Å². The lowest BCUT2D eigenvalue weighted by Crippen LogP contribution is -2.53. The van der Waals surface area contributed by atoms with Gasteiger partial charge >= 0.3 is 12.1 Å². The van der Waals surface area contributed by atoms with Gasteiger partial charge in [0.15, 0.2) is 0 Å². The van der Waals surface area contributed by atoms with E-state index in [1.807, 2.05) is 4.90 Å². The summed E-state index contributed by atoms with van der Waals surface area (Å²) in [6.07, 6.45) is 4.38. The fraction of sp³-hybridized carbons (Fsp3) is 0.464. The number of anilines is 2. The van der Waals surface area contributed by atoms with Crippen LogP contribution in [0.5, 0.6) is 0 Å². The number of amides is 5. The Bertz CT molecular complexity index is 1210. The molecule has 0 radical (unpaired) electrons. The summed E-state index contributed by atoms with van der Waals surface area (Å²) >= 11 is 0. The Morgan fingerprint density at radius 3 is 2.05 bits per heavy atom. The highest BCUT2D eigenvalue weighted by molar-refractivity contribution is 5.94. The van der Waals surface area contributed by atoms with Crippen LogP contribution < -0.4 is 15.5 Å². The van der Waals surface area contributed by atoms with E-state index in [0.29, 0.717) is 63.7 Å². The molecule has 0 spiro atoms. The standard InChI is InChI=1S/C28H34F2N6O3/c29-21-5-3-4-20(18-21)26(37)34-12-16-36(17-13-34)28(39)32-23-8-9-25(24(30)19-23)33-10-14-35(15-11-33)27(38)31-22-6-1-2-7-22/h3-5,8-9,18-19,22H,1-2,6-7,10-17H2,(H,31,38)(H,32,39). The van der Waals surface area contributed by atoms with Gasteiger partial charge in [-0.15, -0.1) is 0 Å². The molecular formula is C28H34F2N6O3. The van der Waals surface area contributed by atoms with Gasteiger partial charge < -0.3 is 30.2 Å². The summed E-state index contributed by atoms with van der Waals surface area (Å²) in [6, 6.07) is 10.0. The van der Waals surface area contributed by atoms with Crippen LogP contribution in [-0.2, 0) is 0 Å². The maximum atomic E-state index is 15.0. The van der Waals surface area contributed by atoms with Crippen molar-refractivity contribution < 1.29 is 23.2 Å². The zero-order chi connectivity index (χ0) is 27.4. The van der Waals surface area contributed by atoms with Crippen LogP contribution in [-0.4, -0.2) is 91.1 Å². The van der Waals surface area contributed by atoms with Gasteiger partial charge in [-0.2, -0.15) is 0 Å². The summed E-state index contributed by atoms with van der Waals surface area (Å²) < 4.78 is 28.5. The third-order valence-corrected chi connectivity index (χ3v) is 7.71. The van der Waals surface area contributed by atoms with E-state index in [0.717, 1.165) is 25.7 Å². The number of nitrogens with one attached hydrogen (secondary N) is 2. The average molecular weight is 541 g/mol. The van der Waals surface area contributed by atoms with Crippen molar-refractivity contribution in [2.45, 2.75) is 31.7 Å². The maximum Gasteiger partial charge on any atom is 0.321 e. The molecule has 5 amide bonds. The summed E-state index contributed by atoms with van der Waals surface area (Å²) in [5.74, 6) is -1.19. The molecule has 0 unspecified atom stereocenters. The normalized spacial score (nSPS) is 18.3. The van der Waals surface area contributed by atoms with Gasteiger partial charge in [-0.3, -0.25) is 4.79 Å². The molecule has 2 heterocycles. The van der Waals surface area contributed by atoms with Crippen LogP contribution >= 0.6 is 0 Å². The second-order valence-corrected chi connectivity index (χ2v) is 10.3. The van der Waals surface area contributed by atoms with E-state index in [1.165, 1.54) is 24.3 Å². The quantitative estimate of drug-likeness (QED) is 0.619. The number of piperazine rings is 2. The lowest BCUT2D eigenvalue weighted by Gasteiger charge is -2.36. The number of carbonyl (C=O) groups is 3.